The first-order valence-corrected chi connectivity index (χ1v) is 7.64. The highest BCUT2D eigenvalue weighted by molar-refractivity contribution is 8.19. The van der Waals surface area contributed by atoms with E-state index in [4.69, 9.17) is 5.41 Å². The summed E-state index contributed by atoms with van der Waals surface area (Å²) in [6.07, 6.45) is 3.47. The normalized spacial score (nSPS) is 17.2. The number of carbonyl (C=O) groups is 1. The van der Waals surface area contributed by atoms with E-state index in [1.165, 1.54) is 28.0 Å². The molecule has 1 amide bonds. The van der Waals surface area contributed by atoms with Gasteiger partial charge in [0, 0.05) is 11.6 Å². The maximum atomic E-state index is 12.4. The Kier molecular flexibility index (Phi) is 3.42. The average Bonchev–Trinajstić information content (AvgIpc) is 3.02. The van der Waals surface area contributed by atoms with Crippen molar-refractivity contribution >= 4 is 45.4 Å². The monoisotopic (exact) mass is 301 g/mol. The molecule has 1 aromatic heterocycles. The predicted molar refractivity (Wildman–Crippen MR) is 84.1 cm³/mol. The van der Waals surface area contributed by atoms with Gasteiger partial charge >= 0.3 is 0 Å². The van der Waals surface area contributed by atoms with Crippen molar-refractivity contribution in [2.24, 2.45) is 0 Å². The Morgan fingerprint density at radius 3 is 2.85 bits per heavy atom. The van der Waals surface area contributed by atoms with E-state index in [1.54, 1.807) is 11.6 Å². The Hall–Kier alpha value is -1.92. The summed E-state index contributed by atoms with van der Waals surface area (Å²) in [7, 11) is 0. The Morgan fingerprint density at radius 1 is 1.35 bits per heavy atom. The zero-order valence-corrected chi connectivity index (χ0v) is 12.3. The number of carbonyl (C=O) groups excluding carboxylic acids is 1. The number of thioether (sulfide) groups is 1. The van der Waals surface area contributed by atoms with Gasteiger partial charge in [-0.15, -0.1) is 11.3 Å². The molecule has 1 aromatic carbocycles. The minimum absolute atomic E-state index is 0.182. The molecule has 2 aromatic rings. The lowest BCUT2D eigenvalue weighted by molar-refractivity contribution is -0.113. The van der Waals surface area contributed by atoms with Gasteiger partial charge in [-0.25, -0.2) is 9.88 Å². The summed E-state index contributed by atoms with van der Waals surface area (Å²) in [5.74, 6) is -0.182. The molecule has 0 unspecified atom stereocenters. The number of benzene rings is 1. The fourth-order valence-electron chi connectivity index (χ4n) is 1.88. The summed E-state index contributed by atoms with van der Waals surface area (Å²) in [4.78, 5) is 18.4. The van der Waals surface area contributed by atoms with Gasteiger partial charge in [0.2, 0.25) is 0 Å². The molecule has 20 heavy (non-hydrogen) atoms. The van der Waals surface area contributed by atoms with Crippen LogP contribution in [-0.4, -0.2) is 16.1 Å². The van der Waals surface area contributed by atoms with E-state index >= 15 is 0 Å². The minimum Gasteiger partial charge on any atom is -0.278 e. The highest BCUT2D eigenvalue weighted by atomic mass is 32.2. The molecule has 6 heteroatoms. The Balaban J connectivity index is 1.96. The van der Waals surface area contributed by atoms with Crippen LogP contribution in [0.5, 0.6) is 0 Å². The Morgan fingerprint density at radius 2 is 2.15 bits per heavy atom. The number of hydrogen-bond acceptors (Lipinski definition) is 5. The van der Waals surface area contributed by atoms with Crippen molar-refractivity contribution in [2.45, 2.75) is 6.92 Å². The first kappa shape index (κ1) is 13.1. The number of amidine groups is 1. The smallest absolute Gasteiger partial charge is 0.273 e. The van der Waals surface area contributed by atoms with E-state index in [9.17, 15) is 4.79 Å². The maximum absolute atomic E-state index is 12.4. The number of hydrogen-bond donors (Lipinski definition) is 1. The van der Waals surface area contributed by atoms with Crippen molar-refractivity contribution in [1.29, 1.82) is 5.41 Å². The SMILES string of the molecule is Cc1ccccc1/C=C1\SC(=N)N(c2nccs2)C1=O. The highest BCUT2D eigenvalue weighted by Gasteiger charge is 2.34. The summed E-state index contributed by atoms with van der Waals surface area (Å²) < 4.78 is 0. The summed E-state index contributed by atoms with van der Waals surface area (Å²) in [6.45, 7) is 2.00. The third kappa shape index (κ3) is 2.28. The quantitative estimate of drug-likeness (QED) is 0.864. The van der Waals surface area contributed by atoms with Crippen LogP contribution in [0.1, 0.15) is 11.1 Å². The lowest BCUT2D eigenvalue weighted by Crippen LogP contribution is -2.27. The minimum atomic E-state index is -0.182. The number of aryl methyl sites for hydroxylation is 1. The molecule has 4 nitrogen and oxygen atoms in total. The van der Waals surface area contributed by atoms with Crippen LogP contribution in [0.3, 0.4) is 0 Å². The van der Waals surface area contributed by atoms with Gasteiger partial charge in [0.25, 0.3) is 5.91 Å². The molecule has 2 heterocycles. The maximum Gasteiger partial charge on any atom is 0.273 e. The van der Waals surface area contributed by atoms with Crippen LogP contribution >= 0.6 is 23.1 Å². The molecule has 1 N–H and O–H groups in total. The number of amides is 1. The van der Waals surface area contributed by atoms with Crippen LogP contribution in [0.25, 0.3) is 6.08 Å². The lowest BCUT2D eigenvalue weighted by atomic mass is 10.1. The van der Waals surface area contributed by atoms with E-state index in [0.717, 1.165) is 11.1 Å². The summed E-state index contributed by atoms with van der Waals surface area (Å²) in [5, 5.41) is 10.5. The van der Waals surface area contributed by atoms with E-state index in [-0.39, 0.29) is 11.1 Å². The molecule has 0 atom stereocenters. The molecule has 100 valence electrons. The van der Waals surface area contributed by atoms with Gasteiger partial charge in [-0.05, 0) is 35.9 Å². The fourth-order valence-corrected chi connectivity index (χ4v) is 3.41. The molecule has 3 rings (SSSR count). The second kappa shape index (κ2) is 5.22. The second-order valence-electron chi connectivity index (χ2n) is 4.23. The number of anilines is 1. The summed E-state index contributed by atoms with van der Waals surface area (Å²) >= 11 is 2.52. The van der Waals surface area contributed by atoms with Gasteiger partial charge in [0.1, 0.15) is 0 Å². The van der Waals surface area contributed by atoms with Gasteiger partial charge in [-0.3, -0.25) is 10.2 Å². The third-order valence-electron chi connectivity index (χ3n) is 2.91. The number of nitrogens with zero attached hydrogens (tertiary/aromatic N) is 2. The Bertz CT molecular complexity index is 707. The summed E-state index contributed by atoms with van der Waals surface area (Å²) in [6, 6.07) is 7.87. The fraction of sp³-hybridized carbons (Fsp3) is 0.0714. The second-order valence-corrected chi connectivity index (χ2v) is 6.13. The van der Waals surface area contributed by atoms with Crippen LogP contribution < -0.4 is 4.90 Å². The lowest BCUT2D eigenvalue weighted by Gasteiger charge is -2.09. The van der Waals surface area contributed by atoms with Crippen molar-refractivity contribution in [3.8, 4) is 0 Å². The van der Waals surface area contributed by atoms with Crippen molar-refractivity contribution in [1.82, 2.24) is 4.98 Å². The van der Waals surface area contributed by atoms with Crippen LogP contribution in [0.4, 0.5) is 5.13 Å². The van der Waals surface area contributed by atoms with Crippen molar-refractivity contribution < 1.29 is 4.79 Å². The molecular weight excluding hydrogens is 290 g/mol. The Labute approximate surface area is 124 Å². The van der Waals surface area contributed by atoms with Crippen molar-refractivity contribution in [2.75, 3.05) is 4.90 Å². The van der Waals surface area contributed by atoms with Gasteiger partial charge in [0.05, 0.1) is 4.91 Å². The standard InChI is InChI=1S/C14H11N3OS2/c1-9-4-2-3-5-10(9)8-11-12(18)17(13(15)20-11)14-16-6-7-19-14/h2-8,15H,1H3/b11-8-,15-13?. The first-order valence-electron chi connectivity index (χ1n) is 5.94. The summed E-state index contributed by atoms with van der Waals surface area (Å²) in [5.41, 5.74) is 2.10. The molecule has 0 radical (unpaired) electrons. The number of rotatable bonds is 2. The van der Waals surface area contributed by atoms with Crippen molar-refractivity contribution in [3.05, 3.63) is 51.9 Å². The van der Waals surface area contributed by atoms with E-state index in [1.807, 2.05) is 37.3 Å². The van der Waals surface area contributed by atoms with Crippen molar-refractivity contribution in [3.63, 3.8) is 0 Å². The van der Waals surface area contributed by atoms with Gasteiger partial charge in [-0.2, -0.15) is 0 Å². The molecular formula is C14H11N3OS2. The molecule has 1 aliphatic rings. The first-order chi connectivity index (χ1) is 9.66. The van der Waals surface area contributed by atoms with Crippen LogP contribution in [0, 0.1) is 12.3 Å². The molecule has 1 fully saturated rings. The van der Waals surface area contributed by atoms with Gasteiger partial charge < -0.3 is 0 Å². The zero-order valence-electron chi connectivity index (χ0n) is 10.7. The molecule has 1 aliphatic heterocycles. The van der Waals surface area contributed by atoms with E-state index in [0.29, 0.717) is 10.0 Å². The van der Waals surface area contributed by atoms with Crippen LogP contribution in [0.15, 0.2) is 40.7 Å². The van der Waals surface area contributed by atoms with Crippen LogP contribution in [0.2, 0.25) is 0 Å². The van der Waals surface area contributed by atoms with Gasteiger partial charge in [0.15, 0.2) is 10.3 Å². The van der Waals surface area contributed by atoms with Gasteiger partial charge in [-0.1, -0.05) is 24.3 Å². The number of thiazole rings is 1. The molecule has 1 saturated heterocycles. The molecule has 0 aliphatic carbocycles. The predicted octanol–water partition coefficient (Wildman–Crippen LogP) is 3.51. The zero-order chi connectivity index (χ0) is 14.1. The van der Waals surface area contributed by atoms with E-state index in [2.05, 4.69) is 4.98 Å². The molecule has 0 saturated carbocycles. The number of aromatic nitrogens is 1. The van der Waals surface area contributed by atoms with E-state index < -0.39 is 0 Å². The molecule has 0 bridgehead atoms. The molecule has 0 spiro atoms. The number of nitrogens with one attached hydrogen (secondary N) is 1. The van der Waals surface area contributed by atoms with Crippen LogP contribution in [-0.2, 0) is 4.79 Å². The largest absolute Gasteiger partial charge is 0.278 e. The highest BCUT2D eigenvalue weighted by Crippen LogP contribution is 2.36. The average molecular weight is 301 g/mol. The topological polar surface area (TPSA) is 57.1 Å². The third-order valence-corrected chi connectivity index (χ3v) is 4.55.